The van der Waals surface area contributed by atoms with Gasteiger partial charge in [0.05, 0.1) is 4.92 Å². The van der Waals surface area contributed by atoms with Crippen LogP contribution in [0.2, 0.25) is 0 Å². The Hall–Kier alpha value is -3.15. The van der Waals surface area contributed by atoms with Crippen LogP contribution in [0.15, 0.2) is 54.6 Å². The van der Waals surface area contributed by atoms with Gasteiger partial charge in [-0.05, 0) is 18.2 Å². The van der Waals surface area contributed by atoms with Gasteiger partial charge in [0.1, 0.15) is 5.69 Å². The summed E-state index contributed by atoms with van der Waals surface area (Å²) in [6.07, 6.45) is 0. The maximum atomic E-state index is 12.2. The third-order valence-electron chi connectivity index (χ3n) is 3.09. The summed E-state index contributed by atoms with van der Waals surface area (Å²) in [4.78, 5) is 25.4. The molecule has 6 nitrogen and oxygen atoms in total. The van der Waals surface area contributed by atoms with Crippen LogP contribution in [-0.2, 0) is 0 Å². The first-order chi connectivity index (χ1) is 10.1. The maximum absolute atomic E-state index is 12.2. The van der Waals surface area contributed by atoms with E-state index in [0.29, 0.717) is 11.4 Å². The van der Waals surface area contributed by atoms with Gasteiger partial charge in [-0.2, -0.15) is 0 Å². The molecule has 2 aromatic carbocycles. The second-order valence-corrected chi connectivity index (χ2v) is 4.53. The van der Waals surface area contributed by atoms with Crippen LogP contribution in [0.3, 0.4) is 0 Å². The Bertz CT molecular complexity index is 806. The summed E-state index contributed by atoms with van der Waals surface area (Å²) in [5.74, 6) is -0.341. The van der Waals surface area contributed by atoms with Crippen molar-refractivity contribution in [2.24, 2.45) is 0 Å². The number of anilines is 1. The Labute approximate surface area is 119 Å². The molecular weight excluding hydrogens is 270 g/mol. The highest BCUT2D eigenvalue weighted by molar-refractivity contribution is 6.06. The average molecular weight is 281 g/mol. The second-order valence-electron chi connectivity index (χ2n) is 4.53. The van der Waals surface area contributed by atoms with Crippen LogP contribution in [0.5, 0.6) is 0 Å². The van der Waals surface area contributed by atoms with Gasteiger partial charge in [-0.3, -0.25) is 14.9 Å². The number of H-pyrrole nitrogens is 1. The van der Waals surface area contributed by atoms with E-state index < -0.39 is 4.92 Å². The fraction of sp³-hybridized carbons (Fsp3) is 0. The number of para-hydroxylation sites is 1. The Morgan fingerprint density at radius 2 is 1.90 bits per heavy atom. The van der Waals surface area contributed by atoms with Crippen LogP contribution in [0.25, 0.3) is 10.9 Å². The normalized spacial score (nSPS) is 10.5. The number of nitrogens with one attached hydrogen (secondary N) is 2. The maximum Gasteiger partial charge on any atom is 0.272 e. The standard InChI is InChI=1S/C15H11N3O3/c19-15(14-8-10-4-1-2-7-13(10)17-14)16-11-5-3-6-12(9-11)18(20)21/h1-9,17H,(H,16,19). The number of amides is 1. The zero-order chi connectivity index (χ0) is 14.8. The van der Waals surface area contributed by atoms with E-state index in [9.17, 15) is 14.9 Å². The van der Waals surface area contributed by atoms with Gasteiger partial charge in [0.2, 0.25) is 0 Å². The molecule has 1 aromatic heterocycles. The number of rotatable bonds is 3. The highest BCUT2D eigenvalue weighted by Gasteiger charge is 2.11. The fourth-order valence-corrected chi connectivity index (χ4v) is 2.09. The summed E-state index contributed by atoms with van der Waals surface area (Å²) in [7, 11) is 0. The number of hydrogen-bond donors (Lipinski definition) is 2. The molecule has 0 unspecified atom stereocenters. The molecule has 2 N–H and O–H groups in total. The van der Waals surface area contributed by atoms with Gasteiger partial charge in [-0.1, -0.05) is 24.3 Å². The molecule has 104 valence electrons. The number of benzene rings is 2. The number of carbonyl (C=O) groups excluding carboxylic acids is 1. The molecule has 0 fully saturated rings. The molecule has 1 amide bonds. The minimum absolute atomic E-state index is 0.0653. The Balaban J connectivity index is 1.85. The Morgan fingerprint density at radius 1 is 1.10 bits per heavy atom. The summed E-state index contributed by atoms with van der Waals surface area (Å²) in [5, 5.41) is 14.3. The van der Waals surface area contributed by atoms with E-state index >= 15 is 0 Å². The highest BCUT2D eigenvalue weighted by atomic mass is 16.6. The Kier molecular flexibility index (Phi) is 3.12. The number of nitro groups is 1. The van der Waals surface area contributed by atoms with Crippen molar-refractivity contribution in [2.75, 3.05) is 5.32 Å². The number of nitrogens with zero attached hydrogens (tertiary/aromatic N) is 1. The summed E-state index contributed by atoms with van der Waals surface area (Å²) in [6, 6.07) is 15.1. The lowest BCUT2D eigenvalue weighted by Crippen LogP contribution is -2.12. The quantitative estimate of drug-likeness (QED) is 0.570. The number of aromatic amines is 1. The van der Waals surface area contributed by atoms with Gasteiger partial charge in [0.25, 0.3) is 11.6 Å². The lowest BCUT2D eigenvalue weighted by molar-refractivity contribution is -0.384. The number of carbonyl (C=O) groups is 1. The largest absolute Gasteiger partial charge is 0.351 e. The minimum Gasteiger partial charge on any atom is -0.351 e. The molecule has 0 saturated carbocycles. The van der Waals surface area contributed by atoms with Crippen molar-refractivity contribution in [3.05, 3.63) is 70.4 Å². The smallest absolute Gasteiger partial charge is 0.272 e. The van der Waals surface area contributed by atoms with E-state index in [0.717, 1.165) is 10.9 Å². The molecule has 0 aliphatic rings. The third kappa shape index (κ3) is 2.59. The summed E-state index contributed by atoms with van der Waals surface area (Å²) < 4.78 is 0. The van der Waals surface area contributed by atoms with Gasteiger partial charge < -0.3 is 10.3 Å². The molecule has 3 rings (SSSR count). The van der Waals surface area contributed by atoms with Crippen molar-refractivity contribution >= 4 is 28.2 Å². The summed E-state index contributed by atoms with van der Waals surface area (Å²) in [6.45, 7) is 0. The molecule has 3 aromatic rings. The van der Waals surface area contributed by atoms with E-state index in [4.69, 9.17) is 0 Å². The zero-order valence-electron chi connectivity index (χ0n) is 10.9. The lowest BCUT2D eigenvalue weighted by atomic mass is 10.2. The number of aromatic nitrogens is 1. The van der Waals surface area contributed by atoms with E-state index in [2.05, 4.69) is 10.3 Å². The van der Waals surface area contributed by atoms with Crippen LogP contribution < -0.4 is 5.32 Å². The predicted octanol–water partition coefficient (Wildman–Crippen LogP) is 3.33. The molecule has 21 heavy (non-hydrogen) atoms. The van der Waals surface area contributed by atoms with Crippen molar-refractivity contribution in [3.8, 4) is 0 Å². The first-order valence-electron chi connectivity index (χ1n) is 6.27. The summed E-state index contributed by atoms with van der Waals surface area (Å²) >= 11 is 0. The van der Waals surface area contributed by atoms with E-state index in [-0.39, 0.29) is 11.6 Å². The van der Waals surface area contributed by atoms with Crippen LogP contribution in [0, 0.1) is 10.1 Å². The van der Waals surface area contributed by atoms with E-state index in [1.807, 2.05) is 24.3 Å². The average Bonchev–Trinajstić information content (AvgIpc) is 2.91. The van der Waals surface area contributed by atoms with E-state index in [1.165, 1.54) is 18.2 Å². The predicted molar refractivity (Wildman–Crippen MR) is 79.3 cm³/mol. The Morgan fingerprint density at radius 3 is 2.67 bits per heavy atom. The van der Waals surface area contributed by atoms with Crippen LogP contribution >= 0.6 is 0 Å². The van der Waals surface area contributed by atoms with Gasteiger partial charge in [0, 0.05) is 28.7 Å². The van der Waals surface area contributed by atoms with Crippen LogP contribution in [0.1, 0.15) is 10.5 Å². The zero-order valence-corrected chi connectivity index (χ0v) is 10.9. The highest BCUT2D eigenvalue weighted by Crippen LogP contribution is 2.19. The van der Waals surface area contributed by atoms with Crippen LogP contribution in [-0.4, -0.2) is 15.8 Å². The molecule has 0 aliphatic carbocycles. The molecule has 0 spiro atoms. The molecule has 0 aliphatic heterocycles. The number of non-ortho nitro benzene ring substituents is 1. The van der Waals surface area contributed by atoms with Gasteiger partial charge >= 0.3 is 0 Å². The number of fused-ring (bicyclic) bond motifs is 1. The topological polar surface area (TPSA) is 88.0 Å². The van der Waals surface area contributed by atoms with Gasteiger partial charge in [-0.25, -0.2) is 0 Å². The monoisotopic (exact) mass is 281 g/mol. The molecule has 1 heterocycles. The van der Waals surface area contributed by atoms with Crippen molar-refractivity contribution in [2.45, 2.75) is 0 Å². The fourth-order valence-electron chi connectivity index (χ4n) is 2.09. The molecule has 0 atom stereocenters. The molecule has 0 radical (unpaired) electrons. The first kappa shape index (κ1) is 12.9. The first-order valence-corrected chi connectivity index (χ1v) is 6.27. The van der Waals surface area contributed by atoms with Gasteiger partial charge in [0.15, 0.2) is 0 Å². The molecule has 0 saturated heterocycles. The molecule has 6 heteroatoms. The van der Waals surface area contributed by atoms with Gasteiger partial charge in [-0.15, -0.1) is 0 Å². The van der Waals surface area contributed by atoms with Crippen molar-refractivity contribution in [1.82, 2.24) is 4.98 Å². The number of hydrogen-bond acceptors (Lipinski definition) is 3. The SMILES string of the molecule is O=C(Nc1cccc([N+](=O)[O-])c1)c1cc2ccccc2[nH]1. The third-order valence-corrected chi connectivity index (χ3v) is 3.09. The van der Waals surface area contributed by atoms with Crippen molar-refractivity contribution < 1.29 is 9.72 Å². The minimum atomic E-state index is -0.501. The summed E-state index contributed by atoms with van der Waals surface area (Å²) in [5.41, 5.74) is 1.58. The molecule has 0 bridgehead atoms. The van der Waals surface area contributed by atoms with E-state index in [1.54, 1.807) is 12.1 Å². The lowest BCUT2D eigenvalue weighted by Gasteiger charge is -2.03. The molecular formula is C15H11N3O3. The second kappa shape index (κ2) is 5.09. The van der Waals surface area contributed by atoms with Crippen LogP contribution in [0.4, 0.5) is 11.4 Å². The van der Waals surface area contributed by atoms with Crippen molar-refractivity contribution in [1.29, 1.82) is 0 Å². The van der Waals surface area contributed by atoms with Crippen molar-refractivity contribution in [3.63, 3.8) is 0 Å². The number of nitro benzene ring substituents is 1.